The maximum Gasteiger partial charge on any atom is 0.319 e. The Morgan fingerprint density at radius 2 is 1.84 bits per heavy atom. The number of urea groups is 1. The second kappa shape index (κ2) is 12.1. The fraction of sp³-hybridized carbons (Fsp3) is 0.517. The monoisotopic (exact) mass is 542 g/mol. The summed E-state index contributed by atoms with van der Waals surface area (Å²) in [7, 11) is 0. The van der Waals surface area contributed by atoms with Crippen LogP contribution < -0.4 is 16.0 Å². The van der Waals surface area contributed by atoms with E-state index in [0.717, 1.165) is 82.4 Å². The van der Waals surface area contributed by atoms with Gasteiger partial charge in [0, 0.05) is 37.3 Å². The summed E-state index contributed by atoms with van der Waals surface area (Å²) in [6.07, 6.45) is 8.48. The number of benzene rings is 2. The summed E-state index contributed by atoms with van der Waals surface area (Å²) >= 11 is 12.1. The zero-order chi connectivity index (χ0) is 25.8. The molecule has 0 bridgehead atoms. The lowest BCUT2D eigenvalue weighted by atomic mass is 10.1. The summed E-state index contributed by atoms with van der Waals surface area (Å²) in [4.78, 5) is 27.3. The van der Waals surface area contributed by atoms with Gasteiger partial charge in [-0.05, 0) is 98.4 Å². The van der Waals surface area contributed by atoms with Crippen LogP contribution in [0.1, 0.15) is 61.1 Å². The molecule has 2 aromatic carbocycles. The number of hydrogen-bond donors (Lipinski definition) is 3. The number of hydrogen-bond acceptors (Lipinski definition) is 3. The lowest BCUT2D eigenvalue weighted by Gasteiger charge is -2.17. The molecule has 3 N–H and O–H groups in total. The number of amides is 3. The van der Waals surface area contributed by atoms with E-state index in [1.807, 2.05) is 18.2 Å². The molecule has 2 fully saturated rings. The third-order valence-corrected chi connectivity index (χ3v) is 8.65. The van der Waals surface area contributed by atoms with Crippen molar-refractivity contribution in [1.82, 2.24) is 15.5 Å². The van der Waals surface area contributed by atoms with Gasteiger partial charge in [0.1, 0.15) is 0 Å². The van der Waals surface area contributed by atoms with Crippen LogP contribution in [0.3, 0.4) is 0 Å². The summed E-state index contributed by atoms with van der Waals surface area (Å²) < 4.78 is 0. The molecule has 2 aromatic rings. The van der Waals surface area contributed by atoms with Crippen LogP contribution in [-0.2, 0) is 17.6 Å². The van der Waals surface area contributed by atoms with E-state index < -0.39 is 0 Å². The van der Waals surface area contributed by atoms with E-state index in [4.69, 9.17) is 23.2 Å². The second-order valence-electron chi connectivity index (χ2n) is 10.7. The van der Waals surface area contributed by atoms with Crippen molar-refractivity contribution in [3.63, 3.8) is 0 Å². The highest BCUT2D eigenvalue weighted by Gasteiger charge is 2.43. The van der Waals surface area contributed by atoms with E-state index in [-0.39, 0.29) is 29.8 Å². The molecule has 3 amide bonds. The summed E-state index contributed by atoms with van der Waals surface area (Å²) in [5.41, 5.74) is 4.75. The first-order valence-electron chi connectivity index (χ1n) is 13.6. The fourth-order valence-corrected chi connectivity index (χ4v) is 6.04. The number of carbonyl (C=O) groups excluding carboxylic acids is 2. The minimum Gasteiger partial charge on any atom is -0.356 e. The van der Waals surface area contributed by atoms with Crippen molar-refractivity contribution in [3.05, 3.63) is 63.1 Å². The highest BCUT2D eigenvalue weighted by molar-refractivity contribution is 6.42. The van der Waals surface area contributed by atoms with Crippen molar-refractivity contribution in [2.24, 2.45) is 5.92 Å². The average Bonchev–Trinajstić information content (AvgIpc) is 3.33. The van der Waals surface area contributed by atoms with Gasteiger partial charge in [-0.25, -0.2) is 4.79 Å². The zero-order valence-corrected chi connectivity index (χ0v) is 22.7. The third kappa shape index (κ3) is 6.98. The molecule has 3 atom stereocenters. The SMILES string of the molecule is O=C(Nc1ccc2c(c1)CCC2)N[C@H]1CCN(CCCCCNC(=O)C2CC2c2ccc(Cl)c(Cl)c2)C1. The van der Waals surface area contributed by atoms with Crippen LogP contribution in [0.25, 0.3) is 0 Å². The van der Waals surface area contributed by atoms with Gasteiger partial charge in [0.15, 0.2) is 0 Å². The molecule has 1 saturated heterocycles. The second-order valence-corrected chi connectivity index (χ2v) is 11.5. The minimum atomic E-state index is -0.113. The number of anilines is 1. The normalized spacial score (nSPS) is 22.5. The van der Waals surface area contributed by atoms with Gasteiger partial charge >= 0.3 is 6.03 Å². The Morgan fingerprint density at radius 1 is 0.973 bits per heavy atom. The van der Waals surface area contributed by atoms with Gasteiger partial charge in [-0.3, -0.25) is 4.79 Å². The Morgan fingerprint density at radius 3 is 2.70 bits per heavy atom. The third-order valence-electron chi connectivity index (χ3n) is 7.91. The Labute approximate surface area is 229 Å². The first-order chi connectivity index (χ1) is 18.0. The quantitative estimate of drug-likeness (QED) is 0.333. The number of fused-ring (bicyclic) bond motifs is 1. The number of likely N-dealkylation sites (tertiary alicyclic amines) is 1. The highest BCUT2D eigenvalue weighted by Crippen LogP contribution is 2.48. The standard InChI is InChI=1S/C29H36Cl2N4O2/c30-26-10-8-21(16-27(26)31)24-17-25(24)28(36)32-12-2-1-3-13-35-14-11-23(18-35)34-29(37)33-22-9-7-19-5-4-6-20(19)15-22/h7-10,15-16,23-25H,1-6,11-14,17-18H2,(H,32,36)(H2,33,34,37)/t23-,24?,25?/m0/s1. The Bertz CT molecular complexity index is 1140. The number of unbranched alkanes of at least 4 members (excludes halogenated alkanes) is 2. The lowest BCUT2D eigenvalue weighted by molar-refractivity contribution is -0.122. The maximum atomic E-state index is 12.5. The number of aryl methyl sites for hydroxylation is 2. The van der Waals surface area contributed by atoms with E-state index >= 15 is 0 Å². The Hall–Kier alpha value is -2.28. The van der Waals surface area contributed by atoms with E-state index in [0.29, 0.717) is 10.0 Å². The molecule has 37 heavy (non-hydrogen) atoms. The zero-order valence-electron chi connectivity index (χ0n) is 21.2. The molecular formula is C29H36Cl2N4O2. The van der Waals surface area contributed by atoms with Crippen LogP contribution in [0, 0.1) is 5.92 Å². The van der Waals surface area contributed by atoms with Gasteiger partial charge in [-0.1, -0.05) is 41.8 Å². The van der Waals surface area contributed by atoms with E-state index in [9.17, 15) is 9.59 Å². The first-order valence-corrected chi connectivity index (χ1v) is 14.4. The molecule has 8 heteroatoms. The van der Waals surface area contributed by atoms with Gasteiger partial charge in [-0.15, -0.1) is 0 Å². The molecule has 198 valence electrons. The predicted octanol–water partition coefficient (Wildman–Crippen LogP) is 5.77. The Balaban J connectivity index is 0.918. The molecule has 6 nitrogen and oxygen atoms in total. The molecule has 2 aliphatic carbocycles. The summed E-state index contributed by atoms with van der Waals surface area (Å²) in [6.45, 7) is 3.65. The summed E-state index contributed by atoms with van der Waals surface area (Å²) in [6, 6.07) is 12.0. The van der Waals surface area contributed by atoms with Crippen molar-refractivity contribution in [2.75, 3.05) is 31.5 Å². The van der Waals surface area contributed by atoms with E-state index in [2.05, 4.69) is 33.0 Å². The molecule has 1 heterocycles. The van der Waals surface area contributed by atoms with Gasteiger partial charge in [0.2, 0.25) is 5.91 Å². The average molecular weight is 544 g/mol. The first kappa shape index (κ1) is 26.3. The highest BCUT2D eigenvalue weighted by atomic mass is 35.5. The topological polar surface area (TPSA) is 73.5 Å². The molecular weight excluding hydrogens is 507 g/mol. The number of halogens is 2. The number of carbonyl (C=O) groups is 2. The largest absolute Gasteiger partial charge is 0.356 e. The molecule has 1 saturated carbocycles. The summed E-state index contributed by atoms with van der Waals surface area (Å²) in [5.74, 6) is 0.441. The predicted molar refractivity (Wildman–Crippen MR) is 150 cm³/mol. The molecule has 0 aromatic heterocycles. The van der Waals surface area contributed by atoms with Gasteiger partial charge in [0.05, 0.1) is 10.0 Å². The van der Waals surface area contributed by atoms with Crippen LogP contribution in [0.4, 0.5) is 10.5 Å². The van der Waals surface area contributed by atoms with Gasteiger partial charge in [-0.2, -0.15) is 0 Å². The molecule has 1 aliphatic heterocycles. The van der Waals surface area contributed by atoms with Crippen LogP contribution in [0.15, 0.2) is 36.4 Å². The molecule has 3 aliphatic rings. The molecule has 5 rings (SSSR count). The minimum absolute atomic E-state index is 0.0474. The molecule has 2 unspecified atom stereocenters. The number of rotatable bonds is 10. The summed E-state index contributed by atoms with van der Waals surface area (Å²) in [5, 5.41) is 10.3. The van der Waals surface area contributed by atoms with Crippen LogP contribution in [0.2, 0.25) is 10.0 Å². The van der Waals surface area contributed by atoms with E-state index in [1.54, 1.807) is 6.07 Å². The van der Waals surface area contributed by atoms with Gasteiger partial charge in [0.25, 0.3) is 0 Å². The van der Waals surface area contributed by atoms with Crippen molar-refractivity contribution in [1.29, 1.82) is 0 Å². The Kier molecular flexibility index (Phi) is 8.58. The van der Waals surface area contributed by atoms with Gasteiger partial charge < -0.3 is 20.9 Å². The van der Waals surface area contributed by atoms with E-state index in [1.165, 1.54) is 17.5 Å². The van der Waals surface area contributed by atoms with Crippen LogP contribution >= 0.6 is 23.2 Å². The lowest BCUT2D eigenvalue weighted by Crippen LogP contribution is -2.39. The van der Waals surface area contributed by atoms with Crippen LogP contribution in [0.5, 0.6) is 0 Å². The van der Waals surface area contributed by atoms with Crippen LogP contribution in [-0.4, -0.2) is 49.1 Å². The van der Waals surface area contributed by atoms with Crippen molar-refractivity contribution in [2.45, 2.75) is 63.3 Å². The number of nitrogens with one attached hydrogen (secondary N) is 3. The van der Waals surface area contributed by atoms with Crippen molar-refractivity contribution >= 4 is 40.8 Å². The number of nitrogens with zero attached hydrogens (tertiary/aromatic N) is 1. The fourth-order valence-electron chi connectivity index (χ4n) is 5.73. The van der Waals surface area contributed by atoms with Crippen molar-refractivity contribution < 1.29 is 9.59 Å². The maximum absolute atomic E-state index is 12.5. The van der Waals surface area contributed by atoms with Crippen molar-refractivity contribution in [3.8, 4) is 0 Å². The smallest absolute Gasteiger partial charge is 0.319 e. The molecule has 0 spiro atoms. The molecule has 0 radical (unpaired) electrons.